The molecular formula is C30H28FNO4. The second-order valence-corrected chi connectivity index (χ2v) is 8.87. The van der Waals surface area contributed by atoms with E-state index in [1.165, 1.54) is 13.2 Å². The van der Waals surface area contributed by atoms with Crippen molar-refractivity contribution in [3.05, 3.63) is 95.3 Å². The van der Waals surface area contributed by atoms with Gasteiger partial charge in [-0.05, 0) is 42.5 Å². The first kappa shape index (κ1) is 23.5. The fourth-order valence-electron chi connectivity index (χ4n) is 4.68. The van der Waals surface area contributed by atoms with Crippen LogP contribution in [0, 0.1) is 5.82 Å². The van der Waals surface area contributed by atoms with Crippen LogP contribution in [-0.2, 0) is 5.60 Å². The number of methoxy groups -OCH3 is 3. The van der Waals surface area contributed by atoms with Crippen molar-refractivity contribution in [1.29, 1.82) is 0 Å². The topological polar surface area (TPSA) is 40.2 Å². The summed E-state index contributed by atoms with van der Waals surface area (Å²) in [6.07, 6.45) is 4.00. The molecular weight excluding hydrogens is 457 g/mol. The van der Waals surface area contributed by atoms with E-state index in [2.05, 4.69) is 0 Å². The molecule has 4 aromatic carbocycles. The Labute approximate surface area is 210 Å². The molecule has 1 atom stereocenters. The number of fused-ring (bicyclic) bond motifs is 3. The monoisotopic (exact) mass is 485 g/mol. The number of hydrogen-bond acceptors (Lipinski definition) is 5. The van der Waals surface area contributed by atoms with Crippen LogP contribution in [0.3, 0.4) is 0 Å². The molecule has 184 valence electrons. The molecule has 0 aromatic heterocycles. The first-order chi connectivity index (χ1) is 17.4. The summed E-state index contributed by atoms with van der Waals surface area (Å²) >= 11 is 0. The van der Waals surface area contributed by atoms with Crippen molar-refractivity contribution in [2.75, 3.05) is 40.3 Å². The predicted molar refractivity (Wildman–Crippen MR) is 141 cm³/mol. The standard InChI is InChI=1S/C30H28FNO4/c1-32(2)22-10-7-20(8-11-22)30(21-9-13-27(34-4)26(31)16-21)15-14-19-6-12-24-25(29(19)36-30)17-23(33-3)18-28(24)35-5/h6-18H,1-5H3. The van der Waals surface area contributed by atoms with Gasteiger partial charge < -0.3 is 23.8 Å². The first-order valence-corrected chi connectivity index (χ1v) is 11.6. The minimum atomic E-state index is -1.07. The Hall–Kier alpha value is -4.19. The molecule has 1 unspecified atom stereocenters. The lowest BCUT2D eigenvalue weighted by Gasteiger charge is -2.37. The maximum absolute atomic E-state index is 15.0. The molecule has 0 amide bonds. The van der Waals surface area contributed by atoms with Gasteiger partial charge in [-0.1, -0.05) is 30.3 Å². The van der Waals surface area contributed by atoms with Gasteiger partial charge in [-0.15, -0.1) is 0 Å². The second-order valence-electron chi connectivity index (χ2n) is 8.87. The van der Waals surface area contributed by atoms with Gasteiger partial charge >= 0.3 is 0 Å². The normalized spacial score (nSPS) is 16.3. The molecule has 0 N–H and O–H groups in total. The number of rotatable bonds is 6. The average Bonchev–Trinajstić information content (AvgIpc) is 2.91. The maximum Gasteiger partial charge on any atom is 0.178 e. The van der Waals surface area contributed by atoms with Crippen LogP contribution in [0.15, 0.2) is 72.8 Å². The maximum atomic E-state index is 15.0. The fourth-order valence-corrected chi connectivity index (χ4v) is 4.68. The van der Waals surface area contributed by atoms with E-state index < -0.39 is 11.4 Å². The van der Waals surface area contributed by atoms with Crippen LogP contribution in [0.25, 0.3) is 16.8 Å². The number of halogens is 1. The van der Waals surface area contributed by atoms with E-state index in [9.17, 15) is 4.39 Å². The highest BCUT2D eigenvalue weighted by atomic mass is 19.1. The summed E-state index contributed by atoms with van der Waals surface area (Å²) in [6.45, 7) is 0. The third kappa shape index (κ3) is 3.79. The van der Waals surface area contributed by atoms with Gasteiger partial charge in [0.05, 0.1) is 21.3 Å². The number of anilines is 1. The first-order valence-electron chi connectivity index (χ1n) is 11.6. The zero-order valence-electron chi connectivity index (χ0n) is 21.0. The third-order valence-corrected chi connectivity index (χ3v) is 6.66. The van der Waals surface area contributed by atoms with Gasteiger partial charge in [0.2, 0.25) is 0 Å². The van der Waals surface area contributed by atoms with E-state index in [1.54, 1.807) is 20.3 Å². The third-order valence-electron chi connectivity index (χ3n) is 6.66. The highest BCUT2D eigenvalue weighted by molar-refractivity contribution is 5.97. The highest BCUT2D eigenvalue weighted by Crippen LogP contribution is 2.47. The largest absolute Gasteiger partial charge is 0.497 e. The minimum Gasteiger partial charge on any atom is -0.497 e. The Morgan fingerprint density at radius 3 is 2.11 bits per heavy atom. The van der Waals surface area contributed by atoms with Crippen LogP contribution in [0.2, 0.25) is 0 Å². The van der Waals surface area contributed by atoms with E-state index in [1.807, 2.05) is 85.7 Å². The SMILES string of the molecule is COc1cc(OC)c2ccc3c(c2c1)OC(c1ccc(N(C)C)cc1)(c1ccc(OC)c(F)c1)C=C3. The van der Waals surface area contributed by atoms with Crippen LogP contribution < -0.4 is 23.8 Å². The summed E-state index contributed by atoms with van der Waals surface area (Å²) in [4.78, 5) is 2.03. The quantitative estimate of drug-likeness (QED) is 0.315. The Balaban J connectivity index is 1.76. The smallest absolute Gasteiger partial charge is 0.178 e. The van der Waals surface area contributed by atoms with Gasteiger partial charge in [0.25, 0.3) is 0 Å². The summed E-state index contributed by atoms with van der Waals surface area (Å²) in [7, 11) is 8.68. The zero-order chi connectivity index (χ0) is 25.4. The van der Waals surface area contributed by atoms with E-state index in [0.29, 0.717) is 22.8 Å². The summed E-state index contributed by atoms with van der Waals surface area (Å²) in [5.74, 6) is 1.73. The number of nitrogens with zero attached hydrogens (tertiary/aromatic N) is 1. The molecule has 4 aromatic rings. The van der Waals surface area contributed by atoms with Gasteiger partial charge in [-0.2, -0.15) is 0 Å². The predicted octanol–water partition coefficient (Wildman–Crippen LogP) is 6.42. The van der Waals surface area contributed by atoms with Crippen LogP contribution >= 0.6 is 0 Å². The average molecular weight is 486 g/mol. The van der Waals surface area contributed by atoms with E-state index >= 15 is 0 Å². The molecule has 5 nitrogen and oxygen atoms in total. The molecule has 0 saturated heterocycles. The number of ether oxygens (including phenoxy) is 4. The van der Waals surface area contributed by atoms with Crippen molar-refractivity contribution in [2.45, 2.75) is 5.60 Å². The van der Waals surface area contributed by atoms with Gasteiger partial charge in [0.15, 0.2) is 17.2 Å². The van der Waals surface area contributed by atoms with Crippen molar-refractivity contribution in [3.8, 4) is 23.0 Å². The fraction of sp³-hybridized carbons (Fsp3) is 0.200. The lowest BCUT2D eigenvalue weighted by Crippen LogP contribution is -2.34. The van der Waals surface area contributed by atoms with Gasteiger partial charge in [0.1, 0.15) is 17.2 Å². The summed E-state index contributed by atoms with van der Waals surface area (Å²) < 4.78 is 38.2. The second kappa shape index (κ2) is 9.11. The molecule has 0 saturated carbocycles. The van der Waals surface area contributed by atoms with Crippen LogP contribution in [0.5, 0.6) is 23.0 Å². The Kier molecular flexibility index (Phi) is 5.96. The van der Waals surface area contributed by atoms with Crippen molar-refractivity contribution < 1.29 is 23.3 Å². The summed E-state index contributed by atoms with van der Waals surface area (Å²) in [6, 6.07) is 20.8. The van der Waals surface area contributed by atoms with Gasteiger partial charge in [0, 0.05) is 53.3 Å². The van der Waals surface area contributed by atoms with Crippen molar-refractivity contribution in [3.63, 3.8) is 0 Å². The molecule has 1 aliphatic heterocycles. The molecule has 1 heterocycles. The molecule has 0 radical (unpaired) electrons. The molecule has 5 rings (SSSR count). The molecule has 1 aliphatic rings. The molecule has 36 heavy (non-hydrogen) atoms. The van der Waals surface area contributed by atoms with E-state index in [4.69, 9.17) is 18.9 Å². The lowest BCUT2D eigenvalue weighted by molar-refractivity contribution is 0.163. The minimum absolute atomic E-state index is 0.178. The zero-order valence-corrected chi connectivity index (χ0v) is 21.0. The number of hydrogen-bond donors (Lipinski definition) is 0. The Morgan fingerprint density at radius 2 is 1.47 bits per heavy atom. The number of benzene rings is 4. The van der Waals surface area contributed by atoms with Crippen LogP contribution in [-0.4, -0.2) is 35.4 Å². The van der Waals surface area contributed by atoms with E-state index in [0.717, 1.165) is 27.6 Å². The molecule has 0 spiro atoms. The van der Waals surface area contributed by atoms with E-state index in [-0.39, 0.29) is 5.75 Å². The molecule has 6 heteroatoms. The van der Waals surface area contributed by atoms with Gasteiger partial charge in [-0.3, -0.25) is 0 Å². The van der Waals surface area contributed by atoms with Crippen LogP contribution in [0.1, 0.15) is 16.7 Å². The summed E-state index contributed by atoms with van der Waals surface area (Å²) in [5, 5.41) is 1.74. The highest BCUT2D eigenvalue weighted by Gasteiger charge is 2.38. The Morgan fingerprint density at radius 1 is 0.750 bits per heavy atom. The summed E-state index contributed by atoms with van der Waals surface area (Å²) in [5.41, 5.74) is 2.40. The molecule has 0 aliphatic carbocycles. The van der Waals surface area contributed by atoms with Crippen LogP contribution in [0.4, 0.5) is 10.1 Å². The lowest BCUT2D eigenvalue weighted by atomic mass is 9.83. The van der Waals surface area contributed by atoms with Gasteiger partial charge in [-0.25, -0.2) is 4.39 Å². The molecule has 0 fully saturated rings. The van der Waals surface area contributed by atoms with Crippen molar-refractivity contribution in [2.24, 2.45) is 0 Å². The Bertz CT molecular complexity index is 1460. The van der Waals surface area contributed by atoms with Crippen molar-refractivity contribution in [1.82, 2.24) is 0 Å². The molecule has 0 bridgehead atoms. The van der Waals surface area contributed by atoms with Crippen molar-refractivity contribution >= 4 is 22.5 Å².